The summed E-state index contributed by atoms with van der Waals surface area (Å²) in [4.78, 5) is 24.6. The van der Waals surface area contributed by atoms with Gasteiger partial charge in [-0.3, -0.25) is 9.59 Å². The first kappa shape index (κ1) is 20.9. The number of nitrogens with zero attached hydrogens (tertiary/aromatic N) is 1. The first-order valence-electron chi connectivity index (χ1n) is 9.48. The number of rotatable bonds is 5. The molecule has 1 atom stereocenters. The van der Waals surface area contributed by atoms with Crippen LogP contribution in [0.1, 0.15) is 41.5 Å². The number of hydrogen-bond acceptors (Lipinski definition) is 3. The normalized spacial score (nSPS) is 14.8. The molecule has 0 aliphatic carbocycles. The van der Waals surface area contributed by atoms with E-state index in [-0.39, 0.29) is 38.0 Å². The van der Waals surface area contributed by atoms with Crippen LogP contribution < -0.4 is 0 Å². The fourth-order valence-corrected chi connectivity index (χ4v) is 3.65. The standard InChI is InChI=1S/C22H22F3NO3/c1-2-29-20(27)13-19(16-6-4-3-5-7-16)17-9-8-15-10-11-26(14-18(15)12-17)21(28)22(23,24)25/h3-9,12,19H,2,10-11,13-14H2,1H3. The summed E-state index contributed by atoms with van der Waals surface area (Å²) in [5.41, 5.74) is 3.32. The van der Waals surface area contributed by atoms with E-state index in [0.717, 1.165) is 21.6 Å². The summed E-state index contributed by atoms with van der Waals surface area (Å²) in [6.07, 6.45) is -4.39. The molecule has 0 spiro atoms. The van der Waals surface area contributed by atoms with Gasteiger partial charge in [0.1, 0.15) is 0 Å². The molecular formula is C22H22F3NO3. The molecule has 3 rings (SSSR count). The van der Waals surface area contributed by atoms with Gasteiger partial charge in [-0.25, -0.2) is 0 Å². The van der Waals surface area contributed by atoms with Gasteiger partial charge in [0.25, 0.3) is 0 Å². The van der Waals surface area contributed by atoms with Gasteiger partial charge >= 0.3 is 18.1 Å². The van der Waals surface area contributed by atoms with Crippen LogP contribution in [0, 0.1) is 0 Å². The van der Waals surface area contributed by atoms with E-state index >= 15 is 0 Å². The van der Waals surface area contributed by atoms with Crippen LogP contribution in [-0.4, -0.2) is 36.1 Å². The molecule has 0 saturated carbocycles. The lowest BCUT2D eigenvalue weighted by molar-refractivity contribution is -0.186. The summed E-state index contributed by atoms with van der Waals surface area (Å²) in [6, 6.07) is 15.0. The number of esters is 1. The smallest absolute Gasteiger partial charge is 0.466 e. The number of benzene rings is 2. The largest absolute Gasteiger partial charge is 0.471 e. The lowest BCUT2D eigenvalue weighted by Gasteiger charge is -2.30. The molecule has 0 saturated heterocycles. The first-order chi connectivity index (χ1) is 13.8. The van der Waals surface area contributed by atoms with Gasteiger partial charge in [-0.15, -0.1) is 0 Å². The first-order valence-corrected chi connectivity index (χ1v) is 9.48. The van der Waals surface area contributed by atoms with Crippen LogP contribution >= 0.6 is 0 Å². The van der Waals surface area contributed by atoms with Crippen molar-refractivity contribution in [3.8, 4) is 0 Å². The van der Waals surface area contributed by atoms with E-state index in [1.807, 2.05) is 48.5 Å². The van der Waals surface area contributed by atoms with E-state index in [1.165, 1.54) is 0 Å². The van der Waals surface area contributed by atoms with Gasteiger partial charge in [0.15, 0.2) is 0 Å². The maximum absolute atomic E-state index is 12.8. The molecule has 2 aromatic carbocycles. The highest BCUT2D eigenvalue weighted by Crippen LogP contribution is 2.32. The predicted octanol–water partition coefficient (Wildman–Crippen LogP) is 4.22. The lowest BCUT2D eigenvalue weighted by atomic mass is 9.85. The summed E-state index contributed by atoms with van der Waals surface area (Å²) in [5.74, 6) is -2.44. The minimum absolute atomic E-state index is 0.0373. The molecule has 29 heavy (non-hydrogen) atoms. The highest BCUT2D eigenvalue weighted by molar-refractivity contribution is 5.82. The second kappa shape index (κ2) is 8.68. The average Bonchev–Trinajstić information content (AvgIpc) is 2.71. The molecule has 1 amide bonds. The molecule has 154 valence electrons. The van der Waals surface area contributed by atoms with Crippen molar-refractivity contribution in [2.75, 3.05) is 13.2 Å². The van der Waals surface area contributed by atoms with Gasteiger partial charge in [0.05, 0.1) is 13.0 Å². The number of ether oxygens (including phenoxy) is 1. The van der Waals surface area contributed by atoms with E-state index in [0.29, 0.717) is 12.0 Å². The van der Waals surface area contributed by atoms with Crippen molar-refractivity contribution < 1.29 is 27.5 Å². The molecule has 0 N–H and O–H groups in total. The minimum Gasteiger partial charge on any atom is -0.466 e. The van der Waals surface area contributed by atoms with Gasteiger partial charge in [-0.1, -0.05) is 48.5 Å². The minimum atomic E-state index is -4.88. The van der Waals surface area contributed by atoms with E-state index in [2.05, 4.69) is 0 Å². The van der Waals surface area contributed by atoms with E-state index in [1.54, 1.807) is 6.92 Å². The summed E-state index contributed by atoms with van der Waals surface area (Å²) >= 11 is 0. The fourth-order valence-electron chi connectivity index (χ4n) is 3.65. The number of alkyl halides is 3. The van der Waals surface area contributed by atoms with Crippen molar-refractivity contribution in [2.24, 2.45) is 0 Å². The van der Waals surface area contributed by atoms with E-state index in [9.17, 15) is 22.8 Å². The van der Waals surface area contributed by atoms with Crippen LogP contribution in [-0.2, 0) is 27.3 Å². The predicted molar refractivity (Wildman–Crippen MR) is 101 cm³/mol. The second-order valence-electron chi connectivity index (χ2n) is 6.98. The monoisotopic (exact) mass is 405 g/mol. The van der Waals surface area contributed by atoms with Crippen LogP contribution in [0.3, 0.4) is 0 Å². The summed E-state index contributed by atoms with van der Waals surface area (Å²) in [5, 5.41) is 0. The van der Waals surface area contributed by atoms with E-state index in [4.69, 9.17) is 4.74 Å². The third kappa shape index (κ3) is 4.96. The third-order valence-corrected chi connectivity index (χ3v) is 5.05. The zero-order valence-corrected chi connectivity index (χ0v) is 16.0. The number of amides is 1. The maximum Gasteiger partial charge on any atom is 0.471 e. The summed E-state index contributed by atoms with van der Waals surface area (Å²) < 4.78 is 43.5. The fraction of sp³-hybridized carbons (Fsp3) is 0.364. The third-order valence-electron chi connectivity index (χ3n) is 5.05. The van der Waals surface area contributed by atoms with Crippen molar-refractivity contribution >= 4 is 11.9 Å². The number of hydrogen-bond donors (Lipinski definition) is 0. The topological polar surface area (TPSA) is 46.6 Å². The molecule has 7 heteroatoms. The molecule has 2 aromatic rings. The zero-order valence-electron chi connectivity index (χ0n) is 16.0. The van der Waals surface area contributed by atoms with Crippen LogP contribution in [0.2, 0.25) is 0 Å². The highest BCUT2D eigenvalue weighted by atomic mass is 19.4. The van der Waals surface area contributed by atoms with Crippen molar-refractivity contribution in [3.05, 3.63) is 70.8 Å². The van der Waals surface area contributed by atoms with Gasteiger partial charge in [-0.05, 0) is 35.6 Å². The van der Waals surface area contributed by atoms with Gasteiger partial charge in [0, 0.05) is 19.0 Å². The van der Waals surface area contributed by atoms with Crippen molar-refractivity contribution in [3.63, 3.8) is 0 Å². The van der Waals surface area contributed by atoms with Crippen molar-refractivity contribution in [1.82, 2.24) is 4.90 Å². The Labute approximate surface area is 167 Å². The molecular weight excluding hydrogens is 383 g/mol. The maximum atomic E-state index is 12.8. The average molecular weight is 405 g/mol. The number of halogens is 3. The molecule has 0 bridgehead atoms. The molecule has 1 heterocycles. The second-order valence-corrected chi connectivity index (χ2v) is 6.98. The summed E-state index contributed by atoms with van der Waals surface area (Å²) in [7, 11) is 0. The Bertz CT molecular complexity index is 881. The molecule has 1 aliphatic heterocycles. The lowest BCUT2D eigenvalue weighted by Crippen LogP contribution is -2.43. The zero-order chi connectivity index (χ0) is 21.0. The number of carbonyl (C=O) groups excluding carboxylic acids is 2. The molecule has 0 aromatic heterocycles. The van der Waals surface area contributed by atoms with Gasteiger partial charge in [0.2, 0.25) is 0 Å². The number of fused-ring (bicyclic) bond motifs is 1. The Balaban J connectivity index is 1.91. The quantitative estimate of drug-likeness (QED) is 0.700. The van der Waals surface area contributed by atoms with Crippen LogP contribution in [0.4, 0.5) is 13.2 Å². The number of carbonyl (C=O) groups is 2. The Hall–Kier alpha value is -2.83. The summed E-state index contributed by atoms with van der Waals surface area (Å²) in [6.45, 7) is 1.96. The molecule has 4 nitrogen and oxygen atoms in total. The van der Waals surface area contributed by atoms with Crippen LogP contribution in [0.5, 0.6) is 0 Å². The van der Waals surface area contributed by atoms with Crippen LogP contribution in [0.25, 0.3) is 0 Å². The Kier molecular flexibility index (Phi) is 6.25. The molecule has 0 radical (unpaired) electrons. The Morgan fingerprint density at radius 2 is 1.79 bits per heavy atom. The van der Waals surface area contributed by atoms with Gasteiger partial charge < -0.3 is 9.64 Å². The molecule has 1 aliphatic rings. The van der Waals surface area contributed by atoms with E-state index < -0.39 is 12.1 Å². The molecule has 0 fully saturated rings. The van der Waals surface area contributed by atoms with Crippen molar-refractivity contribution in [2.45, 2.75) is 38.4 Å². The SMILES string of the molecule is CCOC(=O)CC(c1ccccc1)c1ccc2c(c1)CN(C(=O)C(F)(F)F)CC2. The van der Waals surface area contributed by atoms with Gasteiger partial charge in [-0.2, -0.15) is 13.2 Å². The molecule has 1 unspecified atom stereocenters. The van der Waals surface area contributed by atoms with Crippen LogP contribution in [0.15, 0.2) is 48.5 Å². The Morgan fingerprint density at radius 3 is 2.45 bits per heavy atom. The van der Waals surface area contributed by atoms with Crippen molar-refractivity contribution in [1.29, 1.82) is 0 Å². The Morgan fingerprint density at radius 1 is 1.07 bits per heavy atom. The highest BCUT2D eigenvalue weighted by Gasteiger charge is 2.43.